The Kier molecular flexibility index (Phi) is 1.73. The van der Waals surface area contributed by atoms with Crippen LogP contribution in [0.3, 0.4) is 0 Å². The summed E-state index contributed by atoms with van der Waals surface area (Å²) in [5, 5.41) is 0. The predicted octanol–water partition coefficient (Wildman–Crippen LogP) is 0.905. The summed E-state index contributed by atoms with van der Waals surface area (Å²) in [5.41, 5.74) is 6.97. The summed E-state index contributed by atoms with van der Waals surface area (Å²) in [4.78, 5) is 4.03. The molecule has 1 aliphatic carbocycles. The van der Waals surface area contributed by atoms with Crippen molar-refractivity contribution >= 4 is 0 Å². The van der Waals surface area contributed by atoms with Crippen LogP contribution in [0.2, 0.25) is 0 Å². The maximum atomic E-state index is 5.73. The summed E-state index contributed by atoms with van der Waals surface area (Å²) in [6.07, 6.45) is 2.85. The zero-order chi connectivity index (χ0) is 8.55. The minimum absolute atomic E-state index is 0.345. The van der Waals surface area contributed by atoms with Gasteiger partial charge in [0.15, 0.2) is 0 Å². The molecule has 0 radical (unpaired) electrons. The summed E-state index contributed by atoms with van der Waals surface area (Å²) in [5.74, 6) is 1.20. The maximum Gasteiger partial charge on any atom is 0.213 e. The van der Waals surface area contributed by atoms with Crippen LogP contribution in [0.25, 0.3) is 0 Å². The molecule has 2 rings (SSSR count). The van der Waals surface area contributed by atoms with Crippen molar-refractivity contribution in [2.75, 3.05) is 7.11 Å². The smallest absolute Gasteiger partial charge is 0.213 e. The lowest BCUT2D eigenvalue weighted by molar-refractivity contribution is 0.397. The van der Waals surface area contributed by atoms with Gasteiger partial charge in [-0.1, -0.05) is 0 Å². The Morgan fingerprint density at radius 1 is 1.67 bits per heavy atom. The molecule has 1 heterocycles. The number of nitrogens with zero attached hydrogens (tertiary/aromatic N) is 1. The summed E-state index contributed by atoms with van der Waals surface area (Å²) in [6.45, 7) is 0. The Balaban J connectivity index is 2.21. The molecule has 0 aromatic carbocycles. The summed E-state index contributed by atoms with van der Waals surface area (Å²) in [7, 11) is 1.62. The van der Waals surface area contributed by atoms with E-state index in [0.29, 0.717) is 17.8 Å². The van der Waals surface area contributed by atoms with Gasteiger partial charge < -0.3 is 10.5 Å². The molecule has 2 N–H and O–H groups in total. The second-order valence-electron chi connectivity index (χ2n) is 3.14. The van der Waals surface area contributed by atoms with Crippen LogP contribution in [0.15, 0.2) is 18.3 Å². The quantitative estimate of drug-likeness (QED) is 0.706. The average molecular weight is 164 g/mol. The normalized spacial score (nSPS) is 26.8. The van der Waals surface area contributed by atoms with Gasteiger partial charge in [-0.2, -0.15) is 0 Å². The van der Waals surface area contributed by atoms with Gasteiger partial charge in [-0.15, -0.1) is 0 Å². The van der Waals surface area contributed by atoms with Gasteiger partial charge in [0.25, 0.3) is 0 Å². The second-order valence-corrected chi connectivity index (χ2v) is 3.14. The van der Waals surface area contributed by atoms with Crippen LogP contribution >= 0.6 is 0 Å². The molecule has 0 unspecified atom stereocenters. The lowest BCUT2D eigenvalue weighted by Crippen LogP contribution is -2.01. The third-order valence-corrected chi connectivity index (χ3v) is 2.24. The van der Waals surface area contributed by atoms with Crippen LogP contribution in [-0.4, -0.2) is 18.1 Å². The van der Waals surface area contributed by atoms with Gasteiger partial charge in [0.2, 0.25) is 5.88 Å². The van der Waals surface area contributed by atoms with Crippen LogP contribution in [0.5, 0.6) is 5.88 Å². The molecule has 2 atom stereocenters. The highest BCUT2D eigenvalue weighted by atomic mass is 16.5. The first-order valence-electron chi connectivity index (χ1n) is 4.07. The van der Waals surface area contributed by atoms with E-state index in [9.17, 15) is 0 Å². The van der Waals surface area contributed by atoms with E-state index in [1.807, 2.05) is 12.1 Å². The number of methoxy groups -OCH3 is 1. The van der Waals surface area contributed by atoms with Gasteiger partial charge in [0.1, 0.15) is 0 Å². The van der Waals surface area contributed by atoms with Gasteiger partial charge >= 0.3 is 0 Å². The Labute approximate surface area is 71.6 Å². The molecular formula is C9H12N2O. The van der Waals surface area contributed by atoms with E-state index in [2.05, 4.69) is 4.98 Å². The Morgan fingerprint density at radius 2 is 2.42 bits per heavy atom. The molecule has 0 saturated heterocycles. The number of nitrogens with two attached hydrogens (primary N) is 1. The Hall–Kier alpha value is -1.09. The van der Waals surface area contributed by atoms with E-state index in [-0.39, 0.29) is 0 Å². The molecule has 1 aromatic heterocycles. The van der Waals surface area contributed by atoms with Crippen molar-refractivity contribution in [1.29, 1.82) is 0 Å². The molecule has 1 fully saturated rings. The van der Waals surface area contributed by atoms with Crippen molar-refractivity contribution in [2.45, 2.75) is 18.4 Å². The van der Waals surface area contributed by atoms with Crippen LogP contribution < -0.4 is 10.5 Å². The fraction of sp³-hybridized carbons (Fsp3) is 0.444. The molecule has 1 aliphatic rings. The zero-order valence-corrected chi connectivity index (χ0v) is 7.03. The second kappa shape index (κ2) is 2.75. The van der Waals surface area contributed by atoms with E-state index >= 15 is 0 Å². The Morgan fingerprint density at radius 3 is 3.00 bits per heavy atom. The van der Waals surface area contributed by atoms with Crippen molar-refractivity contribution in [1.82, 2.24) is 4.98 Å². The fourth-order valence-corrected chi connectivity index (χ4v) is 1.36. The predicted molar refractivity (Wildman–Crippen MR) is 46.1 cm³/mol. The summed E-state index contributed by atoms with van der Waals surface area (Å²) >= 11 is 0. The minimum atomic E-state index is 0.345. The third-order valence-electron chi connectivity index (χ3n) is 2.24. The number of pyridine rings is 1. The average Bonchev–Trinajstić information content (AvgIpc) is 2.83. The maximum absolute atomic E-state index is 5.73. The fourth-order valence-electron chi connectivity index (χ4n) is 1.36. The monoisotopic (exact) mass is 164 g/mol. The molecule has 0 bridgehead atoms. The van der Waals surface area contributed by atoms with Gasteiger partial charge in [-0.05, 0) is 18.1 Å². The number of hydrogen-bond acceptors (Lipinski definition) is 3. The molecule has 3 nitrogen and oxygen atoms in total. The van der Waals surface area contributed by atoms with Crippen molar-refractivity contribution in [3.05, 3.63) is 23.9 Å². The van der Waals surface area contributed by atoms with E-state index in [1.54, 1.807) is 13.3 Å². The van der Waals surface area contributed by atoms with Crippen LogP contribution in [-0.2, 0) is 0 Å². The largest absolute Gasteiger partial charge is 0.481 e. The molecule has 0 aliphatic heterocycles. The molecule has 1 saturated carbocycles. The van der Waals surface area contributed by atoms with Crippen LogP contribution in [0, 0.1) is 0 Å². The molecular weight excluding hydrogens is 152 g/mol. The highest BCUT2D eigenvalue weighted by molar-refractivity contribution is 5.30. The number of ether oxygens (including phenoxy) is 1. The third kappa shape index (κ3) is 1.28. The van der Waals surface area contributed by atoms with Gasteiger partial charge in [0.05, 0.1) is 7.11 Å². The van der Waals surface area contributed by atoms with E-state index in [4.69, 9.17) is 10.5 Å². The first-order valence-corrected chi connectivity index (χ1v) is 4.07. The molecule has 0 spiro atoms. The highest BCUT2D eigenvalue weighted by Gasteiger charge is 2.34. The SMILES string of the molecule is COc1cc([C@@H]2C[C@H]2N)ccn1. The number of rotatable bonds is 2. The van der Waals surface area contributed by atoms with Crippen molar-refractivity contribution in [2.24, 2.45) is 5.73 Å². The standard InChI is InChI=1S/C9H12N2O/c1-12-9-4-6(2-3-11-9)7-5-8(7)10/h2-4,7-8H,5,10H2,1H3/t7-,8+/m0/s1. The first kappa shape index (κ1) is 7.55. The molecule has 64 valence electrons. The van der Waals surface area contributed by atoms with Gasteiger partial charge in [-0.25, -0.2) is 4.98 Å². The summed E-state index contributed by atoms with van der Waals surface area (Å²) in [6, 6.07) is 4.30. The van der Waals surface area contributed by atoms with Crippen molar-refractivity contribution in [3.63, 3.8) is 0 Å². The topological polar surface area (TPSA) is 48.1 Å². The molecule has 1 aromatic rings. The van der Waals surface area contributed by atoms with Crippen molar-refractivity contribution in [3.8, 4) is 5.88 Å². The summed E-state index contributed by atoms with van der Waals surface area (Å²) < 4.78 is 5.02. The van der Waals surface area contributed by atoms with Gasteiger partial charge in [-0.3, -0.25) is 0 Å². The van der Waals surface area contributed by atoms with E-state index in [1.165, 1.54) is 5.56 Å². The lowest BCUT2D eigenvalue weighted by Gasteiger charge is -2.01. The number of hydrogen-bond donors (Lipinski definition) is 1. The highest BCUT2D eigenvalue weighted by Crippen LogP contribution is 2.39. The van der Waals surface area contributed by atoms with Gasteiger partial charge in [0, 0.05) is 24.2 Å². The van der Waals surface area contributed by atoms with Crippen molar-refractivity contribution < 1.29 is 4.74 Å². The number of aromatic nitrogens is 1. The minimum Gasteiger partial charge on any atom is -0.481 e. The Bertz CT molecular complexity index is 288. The van der Waals surface area contributed by atoms with Crippen LogP contribution in [0.4, 0.5) is 0 Å². The molecule has 3 heteroatoms. The first-order chi connectivity index (χ1) is 5.81. The molecule has 12 heavy (non-hydrogen) atoms. The van der Waals surface area contributed by atoms with Crippen LogP contribution in [0.1, 0.15) is 17.9 Å². The molecule has 0 amide bonds. The van der Waals surface area contributed by atoms with E-state index < -0.39 is 0 Å². The zero-order valence-electron chi connectivity index (χ0n) is 7.03. The van der Waals surface area contributed by atoms with E-state index in [0.717, 1.165) is 6.42 Å². The lowest BCUT2D eigenvalue weighted by atomic mass is 10.2.